The van der Waals surface area contributed by atoms with Crippen LogP contribution in [0.15, 0.2) is 6.20 Å². The van der Waals surface area contributed by atoms with E-state index in [2.05, 4.69) is 15.5 Å². The quantitative estimate of drug-likeness (QED) is 0.790. The zero-order valence-electron chi connectivity index (χ0n) is 10.3. The van der Waals surface area contributed by atoms with E-state index in [9.17, 15) is 9.59 Å². The van der Waals surface area contributed by atoms with Crippen LogP contribution in [-0.4, -0.2) is 44.8 Å². The van der Waals surface area contributed by atoms with E-state index in [1.54, 1.807) is 4.90 Å². The number of anilines is 1. The molecule has 2 amide bonds. The van der Waals surface area contributed by atoms with Gasteiger partial charge >= 0.3 is 0 Å². The summed E-state index contributed by atoms with van der Waals surface area (Å²) in [4.78, 5) is 25.5. The minimum atomic E-state index is -0.216. The van der Waals surface area contributed by atoms with Crippen molar-refractivity contribution in [2.45, 2.75) is 27.3 Å². The highest BCUT2D eigenvalue weighted by atomic mass is 16.2. The van der Waals surface area contributed by atoms with Crippen molar-refractivity contribution in [2.24, 2.45) is 0 Å². The normalized spacial score (nSPS) is 10.1. The van der Waals surface area contributed by atoms with Gasteiger partial charge in [-0.25, -0.2) is 0 Å². The number of nitrogens with zero attached hydrogens (tertiary/aromatic N) is 4. The van der Waals surface area contributed by atoms with Gasteiger partial charge in [0.1, 0.15) is 6.54 Å². The highest BCUT2D eigenvalue weighted by Crippen LogP contribution is 1.99. The first-order valence-corrected chi connectivity index (χ1v) is 5.52. The Balaban J connectivity index is 2.59. The predicted octanol–water partition coefficient (Wildman–Crippen LogP) is 0.105. The van der Waals surface area contributed by atoms with Crippen LogP contribution in [-0.2, 0) is 16.1 Å². The van der Waals surface area contributed by atoms with Crippen LogP contribution in [0.1, 0.15) is 20.8 Å². The van der Waals surface area contributed by atoms with Crippen molar-refractivity contribution in [3.63, 3.8) is 0 Å². The topological polar surface area (TPSA) is 80.1 Å². The van der Waals surface area contributed by atoms with Gasteiger partial charge in [-0.05, 0) is 13.8 Å². The molecule has 1 heterocycles. The van der Waals surface area contributed by atoms with Crippen molar-refractivity contribution < 1.29 is 9.59 Å². The zero-order chi connectivity index (χ0) is 12.8. The van der Waals surface area contributed by atoms with E-state index in [1.165, 1.54) is 17.9 Å². The summed E-state index contributed by atoms with van der Waals surface area (Å²) in [6, 6.07) is 0. The van der Waals surface area contributed by atoms with Gasteiger partial charge in [-0.1, -0.05) is 0 Å². The fraction of sp³-hybridized carbons (Fsp3) is 0.600. The summed E-state index contributed by atoms with van der Waals surface area (Å²) in [5, 5.41) is 10.4. The van der Waals surface area contributed by atoms with E-state index in [-0.39, 0.29) is 18.4 Å². The van der Waals surface area contributed by atoms with E-state index in [0.29, 0.717) is 18.9 Å². The second-order valence-electron chi connectivity index (χ2n) is 3.51. The molecule has 0 atom stereocenters. The summed E-state index contributed by atoms with van der Waals surface area (Å²) >= 11 is 0. The molecule has 0 aromatic carbocycles. The summed E-state index contributed by atoms with van der Waals surface area (Å²) in [6.45, 7) is 6.63. The van der Waals surface area contributed by atoms with Gasteiger partial charge in [0, 0.05) is 20.0 Å². The summed E-state index contributed by atoms with van der Waals surface area (Å²) in [5.74, 6) is 0.0944. The van der Waals surface area contributed by atoms with Crippen LogP contribution >= 0.6 is 0 Å². The van der Waals surface area contributed by atoms with Crippen molar-refractivity contribution in [1.82, 2.24) is 19.9 Å². The molecule has 0 saturated heterocycles. The SMILES string of the molecule is CCN(CC)C(=O)Cn1ncc(NC(C)=O)n1. The summed E-state index contributed by atoms with van der Waals surface area (Å²) in [6.07, 6.45) is 1.41. The first kappa shape index (κ1) is 13.1. The predicted molar refractivity (Wildman–Crippen MR) is 62.3 cm³/mol. The van der Waals surface area contributed by atoms with Gasteiger partial charge in [0.15, 0.2) is 5.82 Å². The molecule has 1 N–H and O–H groups in total. The highest BCUT2D eigenvalue weighted by Gasteiger charge is 2.11. The Kier molecular flexibility index (Phi) is 4.62. The molecule has 1 aromatic heterocycles. The molecule has 1 rings (SSSR count). The van der Waals surface area contributed by atoms with E-state index < -0.39 is 0 Å². The molecule has 0 spiro atoms. The van der Waals surface area contributed by atoms with Gasteiger partial charge in [-0.15, -0.1) is 5.10 Å². The molecular formula is C10H17N5O2. The molecule has 0 radical (unpaired) electrons. The maximum Gasteiger partial charge on any atom is 0.246 e. The number of aromatic nitrogens is 3. The second kappa shape index (κ2) is 5.97. The Labute approximate surface area is 99.8 Å². The summed E-state index contributed by atoms with van der Waals surface area (Å²) < 4.78 is 0. The van der Waals surface area contributed by atoms with Crippen molar-refractivity contribution in [2.75, 3.05) is 18.4 Å². The fourth-order valence-corrected chi connectivity index (χ4v) is 1.41. The van der Waals surface area contributed by atoms with Crippen LogP contribution in [0.3, 0.4) is 0 Å². The molecule has 0 aliphatic heterocycles. The third-order valence-electron chi connectivity index (χ3n) is 2.23. The maximum atomic E-state index is 11.7. The van der Waals surface area contributed by atoms with Crippen LogP contribution in [0, 0.1) is 0 Å². The maximum absolute atomic E-state index is 11.7. The summed E-state index contributed by atoms with van der Waals surface area (Å²) in [7, 11) is 0. The molecule has 0 saturated carbocycles. The lowest BCUT2D eigenvalue weighted by molar-refractivity contribution is -0.131. The Morgan fingerprint density at radius 2 is 2.06 bits per heavy atom. The van der Waals surface area contributed by atoms with E-state index in [1.807, 2.05) is 13.8 Å². The van der Waals surface area contributed by atoms with Crippen LogP contribution in [0.25, 0.3) is 0 Å². The van der Waals surface area contributed by atoms with Gasteiger partial charge in [0.25, 0.3) is 0 Å². The highest BCUT2D eigenvalue weighted by molar-refractivity contribution is 5.87. The molecule has 0 unspecified atom stereocenters. The lowest BCUT2D eigenvalue weighted by Gasteiger charge is -2.17. The monoisotopic (exact) mass is 239 g/mol. The molecule has 0 fully saturated rings. The molecule has 0 aliphatic carbocycles. The van der Waals surface area contributed by atoms with Gasteiger partial charge < -0.3 is 10.2 Å². The number of amides is 2. The lowest BCUT2D eigenvalue weighted by Crippen LogP contribution is -2.34. The van der Waals surface area contributed by atoms with Crippen molar-refractivity contribution in [3.8, 4) is 0 Å². The number of likely N-dealkylation sites (N-methyl/N-ethyl adjacent to an activating group) is 1. The first-order valence-electron chi connectivity index (χ1n) is 5.52. The third-order valence-corrected chi connectivity index (χ3v) is 2.23. The molecule has 1 aromatic rings. The van der Waals surface area contributed by atoms with Crippen LogP contribution < -0.4 is 5.32 Å². The van der Waals surface area contributed by atoms with E-state index >= 15 is 0 Å². The lowest BCUT2D eigenvalue weighted by atomic mass is 10.4. The van der Waals surface area contributed by atoms with Crippen LogP contribution in [0.2, 0.25) is 0 Å². The van der Waals surface area contributed by atoms with Gasteiger partial charge in [-0.3, -0.25) is 9.59 Å². The largest absolute Gasteiger partial charge is 0.342 e. The smallest absolute Gasteiger partial charge is 0.246 e. The van der Waals surface area contributed by atoms with Crippen molar-refractivity contribution in [3.05, 3.63) is 6.20 Å². The zero-order valence-corrected chi connectivity index (χ0v) is 10.3. The fourth-order valence-electron chi connectivity index (χ4n) is 1.41. The minimum absolute atomic E-state index is 0.0417. The van der Waals surface area contributed by atoms with Crippen LogP contribution in [0.4, 0.5) is 5.82 Å². The molecule has 7 nitrogen and oxygen atoms in total. The van der Waals surface area contributed by atoms with E-state index in [4.69, 9.17) is 0 Å². The Hall–Kier alpha value is -1.92. The van der Waals surface area contributed by atoms with Gasteiger partial charge in [0.05, 0.1) is 6.20 Å². The Bertz CT molecular complexity index is 397. The van der Waals surface area contributed by atoms with Gasteiger partial charge in [0.2, 0.25) is 11.8 Å². The number of hydrogen-bond acceptors (Lipinski definition) is 4. The number of carbonyl (C=O) groups excluding carboxylic acids is 2. The second-order valence-corrected chi connectivity index (χ2v) is 3.51. The average molecular weight is 239 g/mol. The number of hydrogen-bond donors (Lipinski definition) is 1. The van der Waals surface area contributed by atoms with Gasteiger partial charge in [-0.2, -0.15) is 9.90 Å². The number of rotatable bonds is 5. The Morgan fingerprint density at radius 3 is 2.59 bits per heavy atom. The standard InChI is InChI=1S/C10H17N5O2/c1-4-14(5-2)10(17)7-15-11-6-9(13-15)12-8(3)16/h6H,4-5,7H2,1-3H3,(H,12,13,16). The average Bonchev–Trinajstić information content (AvgIpc) is 2.66. The molecule has 17 heavy (non-hydrogen) atoms. The molecule has 7 heteroatoms. The molecular weight excluding hydrogens is 222 g/mol. The van der Waals surface area contributed by atoms with Crippen LogP contribution in [0.5, 0.6) is 0 Å². The molecule has 0 aliphatic rings. The minimum Gasteiger partial charge on any atom is -0.342 e. The number of carbonyl (C=O) groups is 2. The molecule has 0 bridgehead atoms. The Morgan fingerprint density at radius 1 is 1.41 bits per heavy atom. The van der Waals surface area contributed by atoms with Crippen molar-refractivity contribution >= 4 is 17.6 Å². The molecule has 94 valence electrons. The van der Waals surface area contributed by atoms with Crippen molar-refractivity contribution in [1.29, 1.82) is 0 Å². The number of nitrogens with one attached hydrogen (secondary N) is 1. The summed E-state index contributed by atoms with van der Waals surface area (Å²) in [5.41, 5.74) is 0. The first-order chi connectivity index (χ1) is 8.06. The third kappa shape index (κ3) is 3.86. The van der Waals surface area contributed by atoms with E-state index in [0.717, 1.165) is 0 Å².